The van der Waals surface area contributed by atoms with Crippen molar-refractivity contribution < 1.29 is 9.84 Å². The molecule has 3 nitrogen and oxygen atoms in total. The summed E-state index contributed by atoms with van der Waals surface area (Å²) in [7, 11) is 3.68. The van der Waals surface area contributed by atoms with Gasteiger partial charge in [-0.15, -0.1) is 11.8 Å². The van der Waals surface area contributed by atoms with Crippen molar-refractivity contribution in [1.29, 1.82) is 0 Å². The number of hydrogen-bond donors (Lipinski definition) is 0. The summed E-state index contributed by atoms with van der Waals surface area (Å²) in [6.07, 6.45) is 0. The molecule has 0 heterocycles. The zero-order valence-corrected chi connectivity index (χ0v) is 7.77. The van der Waals surface area contributed by atoms with Crippen LogP contribution in [0.25, 0.3) is 0 Å². The highest BCUT2D eigenvalue weighted by atomic mass is 32.2. The van der Waals surface area contributed by atoms with Gasteiger partial charge in [0.2, 0.25) is 0 Å². The van der Waals surface area contributed by atoms with Crippen molar-refractivity contribution in [2.24, 2.45) is 0 Å². The van der Waals surface area contributed by atoms with Crippen LogP contribution in [-0.2, 0) is 4.74 Å². The second-order valence-electron chi connectivity index (χ2n) is 1.97. The molecule has 0 aliphatic rings. The summed E-state index contributed by atoms with van der Waals surface area (Å²) in [5.74, 6) is 2.52. The van der Waals surface area contributed by atoms with Gasteiger partial charge in [-0.1, -0.05) is 6.92 Å². The van der Waals surface area contributed by atoms with E-state index in [4.69, 9.17) is 0 Å². The van der Waals surface area contributed by atoms with Crippen LogP contribution >= 0.6 is 11.8 Å². The molecule has 0 rings (SSSR count). The van der Waals surface area contributed by atoms with Gasteiger partial charge in [-0.25, -0.2) is 0 Å². The molecule has 11 heavy (non-hydrogen) atoms. The fraction of sp³-hybridized carbons (Fsp3) is 0.571. The van der Waals surface area contributed by atoms with Crippen LogP contribution in [0.5, 0.6) is 0 Å². The minimum atomic E-state index is -0.313. The van der Waals surface area contributed by atoms with E-state index in [1.807, 2.05) is 14.1 Å². The first-order valence-electron chi connectivity index (χ1n) is 3.25. The van der Waals surface area contributed by atoms with Crippen molar-refractivity contribution in [2.45, 2.75) is 6.92 Å². The number of thioether (sulfide) groups is 1. The highest BCUT2D eigenvalue weighted by Crippen LogP contribution is 2.09. The number of hydrogen-bond acceptors (Lipinski definition) is 4. The lowest BCUT2D eigenvalue weighted by molar-refractivity contribution is -0.356. The van der Waals surface area contributed by atoms with Gasteiger partial charge in [0.1, 0.15) is 5.88 Å². The van der Waals surface area contributed by atoms with E-state index in [9.17, 15) is 5.11 Å². The minimum absolute atomic E-state index is 0.313. The molecule has 0 saturated heterocycles. The molecule has 2 radical (unpaired) electrons. The van der Waals surface area contributed by atoms with Crippen LogP contribution < -0.4 is 5.11 Å². The third-order valence-corrected chi connectivity index (χ3v) is 1.46. The van der Waals surface area contributed by atoms with E-state index in [1.165, 1.54) is 17.2 Å². The third-order valence-electron chi connectivity index (χ3n) is 0.677. The summed E-state index contributed by atoms with van der Waals surface area (Å²) in [4.78, 5) is 1.74. The van der Waals surface area contributed by atoms with Crippen LogP contribution in [0.2, 0.25) is 0 Å². The van der Waals surface area contributed by atoms with E-state index in [-0.39, 0.29) is 5.95 Å². The molecule has 0 saturated carbocycles. The first-order chi connectivity index (χ1) is 5.16. The summed E-state index contributed by atoms with van der Waals surface area (Å²) in [6.45, 7) is 2.19. The smallest absolute Gasteiger partial charge is 0.133 e. The molecule has 0 aromatic heterocycles. The third kappa shape index (κ3) is 7.55. The Kier molecular flexibility index (Phi) is 6.16. The zero-order chi connectivity index (χ0) is 8.69. The predicted molar refractivity (Wildman–Crippen MR) is 44.2 cm³/mol. The normalized spacial score (nSPS) is 12.2. The van der Waals surface area contributed by atoms with Crippen LogP contribution in [0.3, 0.4) is 0 Å². The average molecular weight is 174 g/mol. The molecule has 0 spiro atoms. The van der Waals surface area contributed by atoms with Crippen molar-refractivity contribution >= 4 is 11.8 Å². The van der Waals surface area contributed by atoms with Gasteiger partial charge in [-0.3, -0.25) is 4.90 Å². The molecule has 0 aromatic rings. The Morgan fingerprint density at radius 3 is 2.82 bits per heavy atom. The number of nitrogens with zero attached hydrogens (tertiary/aromatic N) is 1. The molecular formula is C7H12NO2S-. The molecule has 0 fully saturated rings. The maximum atomic E-state index is 10.7. The Bertz CT molecular complexity index is 126. The molecule has 0 atom stereocenters. The number of rotatable bonds is 5. The topological polar surface area (TPSA) is 35.5 Å². The van der Waals surface area contributed by atoms with Gasteiger partial charge in [0.15, 0.2) is 0 Å². The van der Waals surface area contributed by atoms with Crippen molar-refractivity contribution in [3.8, 4) is 0 Å². The summed E-state index contributed by atoms with van der Waals surface area (Å²) >= 11 is 1.19. The monoisotopic (exact) mass is 174 g/mol. The Labute approximate surface area is 72.0 Å². The molecule has 0 N–H and O–H groups in total. The lowest BCUT2D eigenvalue weighted by Gasteiger charge is -2.12. The van der Waals surface area contributed by atoms with E-state index < -0.39 is 0 Å². The maximum absolute atomic E-state index is 10.7. The lowest BCUT2D eigenvalue weighted by Crippen LogP contribution is -2.08. The molecule has 0 aliphatic heterocycles. The van der Waals surface area contributed by atoms with E-state index in [0.29, 0.717) is 6.61 Å². The molecular weight excluding hydrogens is 162 g/mol. The summed E-state index contributed by atoms with van der Waals surface area (Å²) in [5.41, 5.74) is 0. The quantitative estimate of drug-likeness (QED) is 0.448. The molecule has 0 aromatic carbocycles. The van der Waals surface area contributed by atoms with Crippen LogP contribution in [0.1, 0.15) is 6.92 Å². The van der Waals surface area contributed by atoms with Gasteiger partial charge in [-0.2, -0.15) is 0 Å². The summed E-state index contributed by atoms with van der Waals surface area (Å²) in [6, 6.07) is 0. The average Bonchev–Trinajstić information content (AvgIpc) is 1.87. The summed E-state index contributed by atoms with van der Waals surface area (Å²) in [5, 5.41) is 12.0. The van der Waals surface area contributed by atoms with Crippen molar-refractivity contribution in [3.63, 3.8) is 0 Å². The standard InChI is InChI=1S/C7H13NO2S/c1-4-10-7(9)5-11-6-8(2)3/h5,9H,4H2,1-3H3/p-1/b7-5+. The van der Waals surface area contributed by atoms with E-state index in [0.717, 1.165) is 0 Å². The second kappa shape index (κ2) is 6.37. The van der Waals surface area contributed by atoms with Gasteiger partial charge < -0.3 is 9.84 Å². The zero-order valence-electron chi connectivity index (χ0n) is 6.96. The van der Waals surface area contributed by atoms with Gasteiger partial charge in [-0.05, 0) is 26.1 Å². The molecule has 0 bridgehead atoms. The Morgan fingerprint density at radius 2 is 2.36 bits per heavy atom. The minimum Gasteiger partial charge on any atom is -0.613 e. The maximum Gasteiger partial charge on any atom is 0.133 e. The Morgan fingerprint density at radius 1 is 1.73 bits per heavy atom. The van der Waals surface area contributed by atoms with Crippen molar-refractivity contribution in [1.82, 2.24) is 4.90 Å². The van der Waals surface area contributed by atoms with Crippen LogP contribution in [0.4, 0.5) is 0 Å². The lowest BCUT2D eigenvalue weighted by atomic mass is 10.8. The molecule has 4 heteroatoms. The SMILES string of the molecule is CCO/C([O-])=C/S[C]N(C)C. The highest BCUT2D eigenvalue weighted by molar-refractivity contribution is 8.03. The first-order valence-corrected chi connectivity index (χ1v) is 4.13. The van der Waals surface area contributed by atoms with Crippen LogP contribution in [-0.4, -0.2) is 25.6 Å². The van der Waals surface area contributed by atoms with Crippen molar-refractivity contribution in [2.75, 3.05) is 20.7 Å². The highest BCUT2D eigenvalue weighted by Gasteiger charge is 1.88. The van der Waals surface area contributed by atoms with Gasteiger partial charge in [0.25, 0.3) is 0 Å². The fourth-order valence-corrected chi connectivity index (χ4v) is 0.784. The Hall–Kier alpha value is -0.350. The van der Waals surface area contributed by atoms with Gasteiger partial charge in [0, 0.05) is 0 Å². The van der Waals surface area contributed by atoms with E-state index in [1.54, 1.807) is 11.8 Å². The van der Waals surface area contributed by atoms with Gasteiger partial charge in [0.05, 0.1) is 5.95 Å². The Balaban J connectivity index is 3.39. The van der Waals surface area contributed by atoms with Crippen LogP contribution in [0, 0.1) is 5.88 Å². The van der Waals surface area contributed by atoms with Gasteiger partial charge >= 0.3 is 0 Å². The van der Waals surface area contributed by atoms with E-state index in [2.05, 4.69) is 10.6 Å². The molecule has 0 aliphatic carbocycles. The largest absolute Gasteiger partial charge is 0.613 e. The number of ether oxygens (including phenoxy) is 1. The molecule has 0 amide bonds. The molecule has 64 valence electrons. The fourth-order valence-electron chi connectivity index (χ4n) is 0.356. The predicted octanol–water partition coefficient (Wildman–Crippen LogP) is 0.473. The van der Waals surface area contributed by atoms with E-state index >= 15 is 0 Å². The second-order valence-corrected chi connectivity index (χ2v) is 2.63. The molecule has 0 unspecified atom stereocenters. The first kappa shape index (κ1) is 10.7. The van der Waals surface area contributed by atoms with Crippen LogP contribution in [0.15, 0.2) is 11.4 Å². The summed E-state index contributed by atoms with van der Waals surface area (Å²) < 4.78 is 4.65. The van der Waals surface area contributed by atoms with Crippen molar-refractivity contribution in [3.05, 3.63) is 17.2 Å².